The molecular formula is C26H20FN5O2S. The number of nitrogens with zero attached hydrogens (tertiary/aromatic N) is 4. The minimum Gasteiger partial charge on any atom is -0.378 e. The van der Waals surface area contributed by atoms with E-state index in [4.69, 9.17) is 4.74 Å². The topological polar surface area (TPSA) is 80.2 Å². The van der Waals surface area contributed by atoms with E-state index in [1.807, 2.05) is 48.0 Å². The highest BCUT2D eigenvalue weighted by molar-refractivity contribution is 7.16. The molecule has 1 aliphatic rings. The van der Waals surface area contributed by atoms with Gasteiger partial charge in [-0.3, -0.25) is 9.78 Å². The van der Waals surface area contributed by atoms with Crippen molar-refractivity contribution in [1.29, 1.82) is 0 Å². The first-order valence-electron chi connectivity index (χ1n) is 11.2. The number of fused-ring (bicyclic) bond motifs is 2. The molecule has 35 heavy (non-hydrogen) atoms. The molecule has 0 spiro atoms. The van der Waals surface area contributed by atoms with Crippen molar-refractivity contribution in [3.63, 3.8) is 0 Å². The number of aromatic nitrogens is 3. The van der Waals surface area contributed by atoms with Crippen LogP contribution in [0.4, 0.5) is 15.8 Å². The second-order valence-electron chi connectivity index (χ2n) is 8.19. The van der Waals surface area contributed by atoms with Crippen LogP contribution in [0.3, 0.4) is 0 Å². The summed E-state index contributed by atoms with van der Waals surface area (Å²) in [5.41, 5.74) is 6.36. The Morgan fingerprint density at radius 1 is 1.00 bits per heavy atom. The van der Waals surface area contributed by atoms with E-state index >= 15 is 0 Å². The zero-order valence-corrected chi connectivity index (χ0v) is 19.4. The number of benzene rings is 2. The number of pyridine rings is 2. The van der Waals surface area contributed by atoms with Crippen LogP contribution in [-0.4, -0.2) is 52.1 Å². The number of amides is 1. The van der Waals surface area contributed by atoms with Crippen molar-refractivity contribution in [3.05, 3.63) is 77.9 Å². The number of morpholine rings is 1. The molecule has 5 aromatic rings. The Kier molecular flexibility index (Phi) is 5.55. The molecule has 1 aliphatic heterocycles. The summed E-state index contributed by atoms with van der Waals surface area (Å²) in [6, 6.07) is 16.7. The number of ether oxygens (including phenoxy) is 1. The van der Waals surface area contributed by atoms with Crippen molar-refractivity contribution in [3.8, 4) is 11.1 Å². The SMILES string of the molecule is O=C(c1ccc(-c2ccc3c(Nc4ccc5scnc5c4)ccnc3c2)c(F)n1)N1CCOCC1. The summed E-state index contributed by atoms with van der Waals surface area (Å²) >= 11 is 1.60. The summed E-state index contributed by atoms with van der Waals surface area (Å²) in [7, 11) is 0. The first-order valence-corrected chi connectivity index (χ1v) is 12.1. The maximum atomic E-state index is 15.0. The molecule has 9 heteroatoms. The molecule has 0 unspecified atom stereocenters. The number of rotatable bonds is 4. The zero-order valence-electron chi connectivity index (χ0n) is 18.6. The second-order valence-corrected chi connectivity index (χ2v) is 9.08. The van der Waals surface area contributed by atoms with Crippen LogP contribution in [0.5, 0.6) is 0 Å². The second kappa shape index (κ2) is 9.01. The van der Waals surface area contributed by atoms with Gasteiger partial charge < -0.3 is 15.0 Å². The van der Waals surface area contributed by atoms with Crippen molar-refractivity contribution in [2.45, 2.75) is 0 Å². The Morgan fingerprint density at radius 3 is 2.74 bits per heavy atom. The highest BCUT2D eigenvalue weighted by Gasteiger charge is 2.21. The Labute approximate surface area is 204 Å². The lowest BCUT2D eigenvalue weighted by Crippen LogP contribution is -2.41. The monoisotopic (exact) mass is 485 g/mol. The standard InChI is InChI=1S/C26H20FN5O2S/c27-25-18(4-5-21(31-25)26(33)32-9-11-34-12-10-32)16-1-3-19-20(7-8-28-22(19)13-16)30-17-2-6-24-23(14-17)29-15-35-24/h1-8,13-15H,9-12H2,(H,28,30). The minimum atomic E-state index is -0.686. The lowest BCUT2D eigenvalue weighted by molar-refractivity contribution is 0.0298. The van der Waals surface area contributed by atoms with E-state index in [-0.39, 0.29) is 11.6 Å². The van der Waals surface area contributed by atoms with Gasteiger partial charge in [-0.15, -0.1) is 11.3 Å². The summed E-state index contributed by atoms with van der Waals surface area (Å²) in [5.74, 6) is -0.972. The highest BCUT2D eigenvalue weighted by atomic mass is 32.1. The van der Waals surface area contributed by atoms with Crippen molar-refractivity contribution in [2.75, 3.05) is 31.6 Å². The zero-order chi connectivity index (χ0) is 23.8. The van der Waals surface area contributed by atoms with Gasteiger partial charge in [-0.05, 0) is 48.0 Å². The van der Waals surface area contributed by atoms with Crippen LogP contribution in [0.25, 0.3) is 32.2 Å². The van der Waals surface area contributed by atoms with Crippen molar-refractivity contribution < 1.29 is 13.9 Å². The number of nitrogens with one attached hydrogen (secondary N) is 1. The highest BCUT2D eigenvalue weighted by Crippen LogP contribution is 2.31. The molecule has 0 atom stereocenters. The molecule has 7 nitrogen and oxygen atoms in total. The first-order chi connectivity index (χ1) is 17.2. The number of halogens is 1. The Bertz CT molecular complexity index is 1560. The van der Waals surface area contributed by atoms with Gasteiger partial charge in [0.25, 0.3) is 5.91 Å². The van der Waals surface area contributed by atoms with Crippen molar-refractivity contribution in [2.24, 2.45) is 0 Å². The molecule has 0 radical (unpaired) electrons. The summed E-state index contributed by atoms with van der Waals surface area (Å²) < 4.78 is 21.4. The van der Waals surface area contributed by atoms with Crippen LogP contribution in [0.15, 0.2) is 66.3 Å². The third-order valence-corrected chi connectivity index (χ3v) is 6.84. The number of carbonyl (C=O) groups excluding carboxylic acids is 1. The van der Waals surface area contributed by atoms with Crippen LogP contribution in [0, 0.1) is 5.95 Å². The van der Waals surface area contributed by atoms with E-state index in [2.05, 4.69) is 20.3 Å². The minimum absolute atomic E-state index is 0.0932. The van der Waals surface area contributed by atoms with Crippen molar-refractivity contribution in [1.82, 2.24) is 19.9 Å². The number of thiazole rings is 1. The fraction of sp³-hybridized carbons (Fsp3) is 0.154. The van der Waals surface area contributed by atoms with Crippen LogP contribution in [0.2, 0.25) is 0 Å². The number of hydrogen-bond acceptors (Lipinski definition) is 7. The van der Waals surface area contributed by atoms with Gasteiger partial charge >= 0.3 is 0 Å². The summed E-state index contributed by atoms with van der Waals surface area (Å²) in [6.07, 6.45) is 1.72. The Hall–Kier alpha value is -3.95. The molecule has 174 valence electrons. The fourth-order valence-corrected chi connectivity index (χ4v) is 4.87. The van der Waals surface area contributed by atoms with E-state index in [0.717, 1.165) is 32.5 Å². The Balaban J connectivity index is 1.29. The van der Waals surface area contributed by atoms with Gasteiger partial charge in [0.1, 0.15) is 5.69 Å². The molecule has 1 amide bonds. The van der Waals surface area contributed by atoms with Gasteiger partial charge in [0.15, 0.2) is 0 Å². The average Bonchev–Trinajstić information content (AvgIpc) is 3.37. The van der Waals surface area contributed by atoms with E-state index < -0.39 is 5.95 Å². The molecular weight excluding hydrogens is 465 g/mol. The predicted octanol–water partition coefficient (Wildman–Crippen LogP) is 5.26. The first kappa shape index (κ1) is 21.6. The number of carbonyl (C=O) groups is 1. The number of anilines is 2. The third-order valence-electron chi connectivity index (χ3n) is 6.03. The van der Waals surface area contributed by atoms with Gasteiger partial charge in [-0.2, -0.15) is 4.39 Å². The average molecular weight is 486 g/mol. The predicted molar refractivity (Wildman–Crippen MR) is 135 cm³/mol. The maximum Gasteiger partial charge on any atom is 0.272 e. The van der Waals surface area contributed by atoms with Gasteiger partial charge in [-0.1, -0.05) is 12.1 Å². The smallest absolute Gasteiger partial charge is 0.272 e. The molecule has 1 fully saturated rings. The van der Waals surface area contributed by atoms with E-state index in [1.165, 1.54) is 0 Å². The molecule has 1 saturated heterocycles. The van der Waals surface area contributed by atoms with Gasteiger partial charge in [0.05, 0.1) is 34.5 Å². The molecule has 4 heterocycles. The van der Waals surface area contributed by atoms with E-state index in [9.17, 15) is 9.18 Å². The van der Waals surface area contributed by atoms with Gasteiger partial charge in [-0.25, -0.2) is 9.97 Å². The fourth-order valence-electron chi connectivity index (χ4n) is 4.21. The maximum absolute atomic E-state index is 15.0. The molecule has 3 aromatic heterocycles. The lowest BCUT2D eigenvalue weighted by Gasteiger charge is -2.26. The summed E-state index contributed by atoms with van der Waals surface area (Å²) in [5, 5.41) is 4.34. The lowest BCUT2D eigenvalue weighted by atomic mass is 10.0. The van der Waals surface area contributed by atoms with Crippen molar-refractivity contribution >= 4 is 49.7 Å². The molecule has 0 aliphatic carbocycles. The van der Waals surface area contributed by atoms with Crippen LogP contribution in [-0.2, 0) is 4.74 Å². The Morgan fingerprint density at radius 2 is 1.89 bits per heavy atom. The quantitative estimate of drug-likeness (QED) is 0.350. The van der Waals surface area contributed by atoms with E-state index in [1.54, 1.807) is 34.6 Å². The molecule has 6 rings (SSSR count). The van der Waals surface area contributed by atoms with Gasteiger partial charge in [0, 0.05) is 41.6 Å². The van der Waals surface area contributed by atoms with E-state index in [0.29, 0.717) is 37.4 Å². The number of hydrogen-bond donors (Lipinski definition) is 1. The normalized spacial score (nSPS) is 13.9. The van der Waals surface area contributed by atoms with Crippen LogP contribution in [0.1, 0.15) is 10.5 Å². The summed E-state index contributed by atoms with van der Waals surface area (Å²) in [6.45, 7) is 1.92. The third kappa shape index (κ3) is 4.20. The molecule has 0 bridgehead atoms. The molecule has 0 saturated carbocycles. The van der Waals surface area contributed by atoms with Crippen LogP contribution >= 0.6 is 11.3 Å². The van der Waals surface area contributed by atoms with Crippen LogP contribution < -0.4 is 5.32 Å². The van der Waals surface area contributed by atoms with Gasteiger partial charge in [0.2, 0.25) is 5.95 Å². The molecule has 1 N–H and O–H groups in total. The molecule has 2 aromatic carbocycles. The summed E-state index contributed by atoms with van der Waals surface area (Å²) in [4.78, 5) is 27.1. The largest absolute Gasteiger partial charge is 0.378 e.